The molecule has 0 heterocycles. The summed E-state index contributed by atoms with van der Waals surface area (Å²) in [6.45, 7) is 2.05. The van der Waals surface area contributed by atoms with Gasteiger partial charge in [0.25, 0.3) is 0 Å². The van der Waals surface area contributed by atoms with Crippen LogP contribution in [0, 0.1) is 0 Å². The molecule has 0 aliphatic heterocycles. The summed E-state index contributed by atoms with van der Waals surface area (Å²) >= 11 is 0. The molecule has 0 N–H and O–H groups in total. The van der Waals surface area contributed by atoms with Gasteiger partial charge < -0.3 is 0 Å². The van der Waals surface area contributed by atoms with Crippen molar-refractivity contribution in [3.8, 4) is 0 Å². The molecule has 54 valence electrons. The van der Waals surface area contributed by atoms with E-state index in [4.69, 9.17) is 0 Å². The topological polar surface area (TPSA) is 0 Å². The van der Waals surface area contributed by atoms with Gasteiger partial charge in [-0.25, -0.2) is 0 Å². The molecule has 0 rings (SSSR count). The van der Waals surface area contributed by atoms with Gasteiger partial charge >= 0.3 is 9.46 Å². The van der Waals surface area contributed by atoms with Crippen molar-refractivity contribution in [3.63, 3.8) is 0 Å². The first-order valence-corrected chi connectivity index (χ1v) is 4.76. The molecule has 3 heteroatoms. The molecule has 0 radical (unpaired) electrons. The summed E-state index contributed by atoms with van der Waals surface area (Å²) < 4.78 is 23.0. The molecule has 0 saturated heterocycles. The molecule has 0 aliphatic carbocycles. The predicted molar refractivity (Wildman–Crippen MR) is 38.0 cm³/mol. The molecule has 0 saturated carbocycles. The molecule has 0 atom stereocenters. The summed E-state index contributed by atoms with van der Waals surface area (Å²) in [6, 6.07) is 0. The zero-order valence-electron chi connectivity index (χ0n) is 5.61. The van der Waals surface area contributed by atoms with E-state index in [1.165, 1.54) is 0 Å². The fraction of sp³-hybridized carbons (Fsp3) is 0.667. The van der Waals surface area contributed by atoms with Gasteiger partial charge in [-0.05, 0) is 12.1 Å². The zero-order chi connectivity index (χ0) is 7.11. The average Bonchev–Trinajstić information content (AvgIpc) is 1.80. The Balaban J connectivity index is 3.04. The second kappa shape index (κ2) is 5.94. The number of halogens is 2. The highest BCUT2D eigenvalue weighted by Crippen LogP contribution is 1.96. The summed E-state index contributed by atoms with van der Waals surface area (Å²) in [5.41, 5.74) is 1.08. The van der Waals surface area contributed by atoms with Crippen LogP contribution >= 0.6 is 0 Å². The first-order chi connectivity index (χ1) is 4.27. The summed E-state index contributed by atoms with van der Waals surface area (Å²) in [6.07, 6.45) is 4.51. The van der Waals surface area contributed by atoms with Crippen LogP contribution in [0.1, 0.15) is 26.2 Å². The van der Waals surface area contributed by atoms with E-state index in [0.29, 0.717) is 0 Å². The Morgan fingerprint density at radius 2 is 2.11 bits per heavy atom. The van der Waals surface area contributed by atoms with Crippen LogP contribution < -0.4 is 0 Å². The third-order valence-corrected chi connectivity index (χ3v) is 1.57. The number of hydrogen-bond donors (Lipinski definition) is 0. The summed E-state index contributed by atoms with van der Waals surface area (Å²) in [5.74, 6) is 0. The lowest BCUT2D eigenvalue weighted by atomic mass is 10.2. The van der Waals surface area contributed by atoms with E-state index >= 15 is 0 Å². The largest absolute Gasteiger partial charge is 0.434 e. The van der Waals surface area contributed by atoms with Crippen molar-refractivity contribution in [2.45, 2.75) is 26.2 Å². The summed E-state index contributed by atoms with van der Waals surface area (Å²) in [4.78, 5) is 0. The molecule has 9 heavy (non-hydrogen) atoms. The molecule has 0 amide bonds. The van der Waals surface area contributed by atoms with Crippen LogP contribution in [0.5, 0.6) is 0 Å². The molecule has 0 aliphatic rings. The Morgan fingerprint density at radius 1 is 1.44 bits per heavy atom. The second-order valence-electron chi connectivity index (χ2n) is 1.90. The molecule has 0 bridgehead atoms. The van der Waals surface area contributed by atoms with Crippen molar-refractivity contribution < 1.29 is 8.22 Å². The minimum atomic E-state index is -3.39. The monoisotopic (exact) mass is 150 g/mol. The molecular formula is C6H12F2Si. The van der Waals surface area contributed by atoms with Crippen LogP contribution in [0.4, 0.5) is 8.22 Å². The van der Waals surface area contributed by atoms with E-state index in [1.807, 2.05) is 6.92 Å². The molecule has 0 unspecified atom stereocenters. The van der Waals surface area contributed by atoms with Gasteiger partial charge in [0.2, 0.25) is 0 Å². The first kappa shape index (κ1) is 8.82. The molecule has 0 aromatic rings. The predicted octanol–water partition coefficient (Wildman–Crippen LogP) is 2.43. The van der Waals surface area contributed by atoms with Gasteiger partial charge in [-0.2, -0.15) is 0 Å². The van der Waals surface area contributed by atoms with E-state index in [0.717, 1.165) is 25.0 Å². The van der Waals surface area contributed by atoms with Crippen molar-refractivity contribution in [3.05, 3.63) is 11.8 Å². The quantitative estimate of drug-likeness (QED) is 0.328. The Bertz CT molecular complexity index is 81.1. The Kier molecular flexibility index (Phi) is 5.82. The molecular weight excluding hydrogens is 138 g/mol. The maximum absolute atomic E-state index is 11.5. The van der Waals surface area contributed by atoms with Crippen LogP contribution in [-0.4, -0.2) is 9.46 Å². The lowest BCUT2D eigenvalue weighted by Gasteiger charge is -1.86. The molecule has 0 fully saturated rings. The van der Waals surface area contributed by atoms with Gasteiger partial charge in [-0.1, -0.05) is 25.8 Å². The van der Waals surface area contributed by atoms with Gasteiger partial charge in [0.15, 0.2) is 0 Å². The van der Waals surface area contributed by atoms with Crippen LogP contribution in [0.15, 0.2) is 11.8 Å². The molecule has 0 nitrogen and oxygen atoms in total. The zero-order valence-corrected chi connectivity index (χ0v) is 6.76. The first-order valence-electron chi connectivity index (χ1n) is 3.22. The van der Waals surface area contributed by atoms with E-state index in [-0.39, 0.29) is 0 Å². The fourth-order valence-corrected chi connectivity index (χ4v) is 0.919. The maximum atomic E-state index is 11.5. The van der Waals surface area contributed by atoms with Gasteiger partial charge in [-0.15, -0.1) is 0 Å². The van der Waals surface area contributed by atoms with Crippen LogP contribution in [-0.2, 0) is 0 Å². The minimum Gasteiger partial charge on any atom is -0.269 e. The van der Waals surface area contributed by atoms with Crippen molar-refractivity contribution in [2.24, 2.45) is 0 Å². The van der Waals surface area contributed by atoms with Gasteiger partial charge in [0.05, 0.1) is 0 Å². The lowest BCUT2D eigenvalue weighted by Crippen LogP contribution is -1.87. The minimum absolute atomic E-state index is 0.813. The normalized spacial score (nSPS) is 11.6. The Morgan fingerprint density at radius 3 is 2.56 bits per heavy atom. The Labute approximate surface area is 56.5 Å². The van der Waals surface area contributed by atoms with Gasteiger partial charge in [0, 0.05) is 0 Å². The van der Waals surface area contributed by atoms with E-state index in [2.05, 4.69) is 0 Å². The van der Waals surface area contributed by atoms with Crippen molar-refractivity contribution in [1.29, 1.82) is 0 Å². The fourth-order valence-electron chi connectivity index (χ4n) is 0.521. The second-order valence-corrected chi connectivity index (χ2v) is 2.96. The van der Waals surface area contributed by atoms with E-state index < -0.39 is 9.46 Å². The highest BCUT2D eigenvalue weighted by Gasteiger charge is 1.96. The highest BCUT2D eigenvalue weighted by atomic mass is 28.4. The van der Waals surface area contributed by atoms with Gasteiger partial charge in [-0.3, -0.25) is 8.22 Å². The number of allylic oxidation sites excluding steroid dienone is 1. The van der Waals surface area contributed by atoms with Crippen molar-refractivity contribution >= 4 is 9.46 Å². The van der Waals surface area contributed by atoms with Crippen molar-refractivity contribution in [1.82, 2.24) is 0 Å². The number of unbranched alkanes of at least 4 members (excludes halogenated alkanes) is 2. The average molecular weight is 150 g/mol. The number of hydrogen-bond acceptors (Lipinski definition) is 0. The smallest absolute Gasteiger partial charge is 0.269 e. The van der Waals surface area contributed by atoms with Gasteiger partial charge in [0.1, 0.15) is 0 Å². The third kappa shape index (κ3) is 7.82. The van der Waals surface area contributed by atoms with Crippen molar-refractivity contribution in [2.75, 3.05) is 0 Å². The molecule has 0 spiro atoms. The summed E-state index contributed by atoms with van der Waals surface area (Å²) in [5, 5.41) is 0. The standard InChI is InChI=1S/C6H12F2Si/c1-2-3-4-5-6-9(7)8/h5-6,9H,2-4H2,1H3. The van der Waals surface area contributed by atoms with Crippen LogP contribution in [0.25, 0.3) is 0 Å². The molecule has 0 aromatic heterocycles. The maximum Gasteiger partial charge on any atom is 0.434 e. The lowest BCUT2D eigenvalue weighted by molar-refractivity contribution is 0.682. The van der Waals surface area contributed by atoms with E-state index in [9.17, 15) is 8.22 Å². The van der Waals surface area contributed by atoms with Crippen LogP contribution in [0.2, 0.25) is 0 Å². The third-order valence-electron chi connectivity index (χ3n) is 1.01. The van der Waals surface area contributed by atoms with E-state index in [1.54, 1.807) is 6.08 Å². The SMILES string of the molecule is CCCCC=C[SiH](F)F. The number of rotatable bonds is 4. The van der Waals surface area contributed by atoms with Crippen LogP contribution in [0.3, 0.4) is 0 Å². The Hall–Kier alpha value is -0.183. The highest BCUT2D eigenvalue weighted by molar-refractivity contribution is 6.49. The summed E-state index contributed by atoms with van der Waals surface area (Å²) in [7, 11) is -3.39. The molecule has 0 aromatic carbocycles.